The Bertz CT molecular complexity index is 809. The lowest BCUT2D eigenvalue weighted by molar-refractivity contribution is -0.126. The van der Waals surface area contributed by atoms with Gasteiger partial charge >= 0.3 is 0 Å². The van der Waals surface area contributed by atoms with Gasteiger partial charge in [0.1, 0.15) is 12.4 Å². The van der Waals surface area contributed by atoms with E-state index in [2.05, 4.69) is 10.2 Å². The van der Waals surface area contributed by atoms with Crippen molar-refractivity contribution >= 4 is 40.9 Å². The Kier molecular flexibility index (Phi) is 4.80. The van der Waals surface area contributed by atoms with Crippen molar-refractivity contribution in [2.45, 2.75) is 31.0 Å². The molecule has 2 heterocycles. The van der Waals surface area contributed by atoms with E-state index in [0.717, 1.165) is 30.2 Å². The zero-order valence-electron chi connectivity index (χ0n) is 13.3. The van der Waals surface area contributed by atoms with E-state index >= 15 is 0 Å². The summed E-state index contributed by atoms with van der Waals surface area (Å²) in [4.78, 5) is 12.7. The molecule has 1 saturated carbocycles. The molecule has 1 fully saturated rings. The number of nitrogens with zero attached hydrogens (tertiary/aromatic N) is 4. The highest BCUT2D eigenvalue weighted by atomic mass is 35.5. The Hall–Kier alpha value is -1.44. The van der Waals surface area contributed by atoms with Crippen molar-refractivity contribution in [3.63, 3.8) is 0 Å². The van der Waals surface area contributed by atoms with Crippen LogP contribution in [0.3, 0.4) is 0 Å². The van der Waals surface area contributed by atoms with Gasteiger partial charge < -0.3 is 4.74 Å². The van der Waals surface area contributed by atoms with Gasteiger partial charge in [-0.05, 0) is 25.0 Å². The van der Waals surface area contributed by atoms with Crippen LogP contribution in [0.1, 0.15) is 25.1 Å². The molecule has 9 heteroatoms. The van der Waals surface area contributed by atoms with Gasteiger partial charge in [-0.15, -0.1) is 10.2 Å². The maximum Gasteiger partial charge on any atom is 0.244 e. The van der Waals surface area contributed by atoms with Gasteiger partial charge in [-0.25, -0.2) is 9.69 Å². The Morgan fingerprint density at radius 1 is 1.32 bits per heavy atom. The van der Waals surface area contributed by atoms with Crippen molar-refractivity contribution in [3.8, 4) is 5.75 Å². The number of rotatable bonds is 4. The van der Waals surface area contributed by atoms with E-state index < -0.39 is 0 Å². The predicted molar refractivity (Wildman–Crippen MR) is 97.0 cm³/mol. The molecule has 0 unspecified atom stereocenters. The van der Waals surface area contributed by atoms with E-state index in [1.165, 1.54) is 0 Å². The molecule has 1 aromatic heterocycles. The molecule has 132 valence electrons. The lowest BCUT2D eigenvalue weighted by atomic mass is 9.84. The largest absolute Gasteiger partial charge is 0.484 e. The van der Waals surface area contributed by atoms with Crippen LogP contribution >= 0.6 is 35.0 Å². The molecule has 1 amide bonds. The predicted octanol–water partition coefficient (Wildman–Crippen LogP) is 3.53. The number of hydrogen-bond donors (Lipinski definition) is 0. The third kappa shape index (κ3) is 3.32. The Labute approximate surface area is 159 Å². The first kappa shape index (κ1) is 17.0. The number of amides is 1. The summed E-state index contributed by atoms with van der Waals surface area (Å²) in [6, 6.07) is 5.04. The molecule has 1 aliphatic carbocycles. The number of aromatic nitrogens is 3. The maximum absolute atomic E-state index is 12.7. The highest BCUT2D eigenvalue weighted by Crippen LogP contribution is 2.32. The van der Waals surface area contributed by atoms with Crippen LogP contribution in [0.15, 0.2) is 23.4 Å². The average molecular weight is 399 g/mol. The SMILES string of the molecule is O=C(C1CCC1)N1CCSc2nnc(COc3cc(Cl)ccc3Cl)n21. The van der Waals surface area contributed by atoms with E-state index in [1.54, 1.807) is 39.6 Å². The molecule has 1 aliphatic heterocycles. The van der Waals surface area contributed by atoms with E-state index in [0.29, 0.717) is 28.2 Å². The number of ether oxygens (including phenoxy) is 1. The van der Waals surface area contributed by atoms with Crippen LogP contribution in [0.4, 0.5) is 0 Å². The molecule has 1 aromatic carbocycles. The quantitative estimate of drug-likeness (QED) is 0.787. The van der Waals surface area contributed by atoms with Gasteiger partial charge in [0.2, 0.25) is 11.1 Å². The molecule has 0 bridgehead atoms. The first-order chi connectivity index (χ1) is 12.1. The number of benzene rings is 1. The second-order valence-corrected chi connectivity index (χ2v) is 7.92. The van der Waals surface area contributed by atoms with Crippen LogP contribution in [-0.4, -0.2) is 33.1 Å². The summed E-state index contributed by atoms with van der Waals surface area (Å²) in [6.07, 6.45) is 3.05. The second-order valence-electron chi connectivity index (χ2n) is 6.01. The second kappa shape index (κ2) is 7.05. The van der Waals surface area contributed by atoms with Gasteiger partial charge in [0.15, 0.2) is 5.82 Å². The van der Waals surface area contributed by atoms with E-state index in [-0.39, 0.29) is 18.4 Å². The smallest absolute Gasteiger partial charge is 0.244 e. The average Bonchev–Trinajstić information content (AvgIpc) is 2.97. The van der Waals surface area contributed by atoms with Gasteiger partial charge in [0.05, 0.1) is 11.6 Å². The molecule has 0 N–H and O–H groups in total. The molecule has 25 heavy (non-hydrogen) atoms. The molecule has 0 saturated heterocycles. The summed E-state index contributed by atoms with van der Waals surface area (Å²) >= 11 is 13.7. The van der Waals surface area contributed by atoms with Crippen molar-refractivity contribution in [2.75, 3.05) is 17.3 Å². The molecule has 0 spiro atoms. The van der Waals surface area contributed by atoms with Gasteiger partial charge in [-0.2, -0.15) is 0 Å². The zero-order chi connectivity index (χ0) is 17.4. The molecular weight excluding hydrogens is 383 g/mol. The Morgan fingerprint density at radius 2 is 2.16 bits per heavy atom. The summed E-state index contributed by atoms with van der Waals surface area (Å²) in [6.45, 7) is 0.804. The fourth-order valence-corrected chi connectivity index (χ4v) is 4.05. The molecule has 2 aliphatic rings. The van der Waals surface area contributed by atoms with Crippen LogP contribution in [0.5, 0.6) is 5.75 Å². The molecule has 2 aromatic rings. The summed E-state index contributed by atoms with van der Waals surface area (Å²) in [7, 11) is 0. The summed E-state index contributed by atoms with van der Waals surface area (Å²) < 4.78 is 7.56. The van der Waals surface area contributed by atoms with Crippen LogP contribution < -0.4 is 9.75 Å². The highest BCUT2D eigenvalue weighted by Gasteiger charge is 2.34. The van der Waals surface area contributed by atoms with Crippen LogP contribution in [0, 0.1) is 5.92 Å². The first-order valence-electron chi connectivity index (χ1n) is 8.10. The lowest BCUT2D eigenvalue weighted by Gasteiger charge is -2.34. The normalized spacial score (nSPS) is 17.1. The third-order valence-electron chi connectivity index (χ3n) is 4.41. The topological polar surface area (TPSA) is 60.3 Å². The van der Waals surface area contributed by atoms with Crippen molar-refractivity contribution in [3.05, 3.63) is 34.1 Å². The molecule has 4 rings (SSSR count). The maximum atomic E-state index is 12.7. The van der Waals surface area contributed by atoms with E-state index in [9.17, 15) is 4.79 Å². The molecular formula is C16H16Cl2N4O2S. The minimum Gasteiger partial charge on any atom is -0.484 e. The number of hydrogen-bond acceptors (Lipinski definition) is 5. The third-order valence-corrected chi connectivity index (χ3v) is 5.86. The fourth-order valence-electron chi connectivity index (χ4n) is 2.85. The van der Waals surface area contributed by atoms with Crippen LogP contribution in [0.2, 0.25) is 10.0 Å². The van der Waals surface area contributed by atoms with Gasteiger partial charge in [0.25, 0.3) is 0 Å². The molecule has 0 radical (unpaired) electrons. The number of carbonyl (C=O) groups is 1. The summed E-state index contributed by atoms with van der Waals surface area (Å²) in [5.74, 6) is 2.14. The van der Waals surface area contributed by atoms with Gasteiger partial charge in [-0.1, -0.05) is 41.4 Å². The Balaban J connectivity index is 1.56. The number of carbonyl (C=O) groups excluding carboxylic acids is 1. The number of thioether (sulfide) groups is 1. The fraction of sp³-hybridized carbons (Fsp3) is 0.438. The van der Waals surface area contributed by atoms with Gasteiger partial charge in [-0.3, -0.25) is 4.79 Å². The molecule has 6 nitrogen and oxygen atoms in total. The van der Waals surface area contributed by atoms with Crippen molar-refractivity contribution < 1.29 is 9.53 Å². The summed E-state index contributed by atoms with van der Waals surface area (Å²) in [5, 5.41) is 11.9. The van der Waals surface area contributed by atoms with Crippen LogP contribution in [-0.2, 0) is 11.4 Å². The standard InChI is InChI=1S/C16H16Cl2N4O2S/c17-11-4-5-12(18)13(8-11)24-9-14-19-20-16-22(14)21(6-7-25-16)15(23)10-2-1-3-10/h4-5,8,10H,1-3,6-7,9H2. The summed E-state index contributed by atoms with van der Waals surface area (Å²) in [5.41, 5.74) is 0. The zero-order valence-corrected chi connectivity index (χ0v) is 15.6. The minimum absolute atomic E-state index is 0.120. The number of fused-ring (bicyclic) bond motifs is 1. The van der Waals surface area contributed by atoms with Crippen molar-refractivity contribution in [1.82, 2.24) is 14.9 Å². The van der Waals surface area contributed by atoms with Gasteiger partial charge in [0, 0.05) is 22.8 Å². The van der Waals surface area contributed by atoms with Crippen molar-refractivity contribution in [1.29, 1.82) is 0 Å². The lowest BCUT2D eigenvalue weighted by Crippen LogP contribution is -2.49. The van der Waals surface area contributed by atoms with Crippen molar-refractivity contribution in [2.24, 2.45) is 5.92 Å². The van der Waals surface area contributed by atoms with Crippen LogP contribution in [0.25, 0.3) is 0 Å². The first-order valence-corrected chi connectivity index (χ1v) is 9.84. The highest BCUT2D eigenvalue weighted by molar-refractivity contribution is 7.99. The van der Waals surface area contributed by atoms with E-state index in [4.69, 9.17) is 27.9 Å². The Morgan fingerprint density at radius 3 is 2.92 bits per heavy atom. The van der Waals surface area contributed by atoms with E-state index in [1.807, 2.05) is 0 Å². The monoisotopic (exact) mass is 398 g/mol. The molecule has 0 atom stereocenters. The number of halogens is 2. The minimum atomic E-state index is 0.120.